The summed E-state index contributed by atoms with van der Waals surface area (Å²) < 4.78 is 17.3. The Morgan fingerprint density at radius 3 is 2.75 bits per heavy atom. The van der Waals surface area contributed by atoms with E-state index in [-0.39, 0.29) is 11.5 Å². The monoisotopic (exact) mass is 325 g/mol. The highest BCUT2D eigenvalue weighted by Crippen LogP contribution is 2.23. The fraction of sp³-hybridized carbons (Fsp3) is 0.133. The van der Waals surface area contributed by atoms with E-state index < -0.39 is 5.82 Å². The highest BCUT2D eigenvalue weighted by atomic mass is 19.1. The molecule has 4 rings (SSSR count). The van der Waals surface area contributed by atoms with E-state index in [1.807, 2.05) is 13.0 Å². The Kier molecular flexibility index (Phi) is 3.02. The van der Waals surface area contributed by atoms with Crippen molar-refractivity contribution in [1.29, 1.82) is 0 Å². The molecule has 0 saturated carbocycles. The third-order valence-corrected chi connectivity index (χ3v) is 3.61. The fourth-order valence-corrected chi connectivity index (χ4v) is 2.59. The van der Waals surface area contributed by atoms with E-state index in [0.717, 1.165) is 5.56 Å². The second kappa shape index (κ2) is 5.08. The summed E-state index contributed by atoms with van der Waals surface area (Å²) in [4.78, 5) is 18.8. The molecule has 9 heteroatoms. The van der Waals surface area contributed by atoms with Crippen LogP contribution < -0.4 is 5.32 Å². The number of nitrogens with one attached hydrogen (secondary N) is 1. The van der Waals surface area contributed by atoms with Crippen molar-refractivity contribution >= 4 is 23.5 Å². The van der Waals surface area contributed by atoms with Crippen LogP contribution in [0.15, 0.2) is 24.5 Å². The summed E-state index contributed by atoms with van der Waals surface area (Å²) in [5.41, 5.74) is 2.79. The second-order valence-corrected chi connectivity index (χ2v) is 5.38. The van der Waals surface area contributed by atoms with Crippen LogP contribution in [0.1, 0.15) is 11.4 Å². The Morgan fingerprint density at radius 1 is 1.12 bits per heavy atom. The maximum atomic E-state index is 14.3. The molecule has 1 N–H and O–H groups in total. The molecule has 4 aromatic heterocycles. The van der Waals surface area contributed by atoms with Gasteiger partial charge in [-0.25, -0.2) is 14.4 Å². The number of halogens is 1. The molecule has 0 aromatic carbocycles. The van der Waals surface area contributed by atoms with E-state index >= 15 is 0 Å². The topological polar surface area (TPSA) is 89.5 Å². The first-order valence-electron chi connectivity index (χ1n) is 7.15. The Morgan fingerprint density at radius 2 is 1.96 bits per heavy atom. The van der Waals surface area contributed by atoms with Crippen LogP contribution in [0.3, 0.4) is 0 Å². The number of amides is 1. The van der Waals surface area contributed by atoms with Crippen molar-refractivity contribution in [2.75, 3.05) is 5.32 Å². The van der Waals surface area contributed by atoms with Crippen molar-refractivity contribution in [3.63, 3.8) is 0 Å². The molecule has 0 fully saturated rings. The van der Waals surface area contributed by atoms with E-state index in [1.54, 1.807) is 13.1 Å². The number of imidazole rings is 1. The van der Waals surface area contributed by atoms with Crippen LogP contribution >= 0.6 is 0 Å². The molecule has 24 heavy (non-hydrogen) atoms. The van der Waals surface area contributed by atoms with Crippen LogP contribution in [-0.2, 0) is 4.79 Å². The minimum atomic E-state index is -0.513. The van der Waals surface area contributed by atoms with Crippen LogP contribution in [-0.4, -0.2) is 35.6 Å². The zero-order valence-corrected chi connectivity index (χ0v) is 12.9. The molecular weight excluding hydrogens is 313 g/mol. The van der Waals surface area contributed by atoms with Gasteiger partial charge in [0.1, 0.15) is 5.82 Å². The summed E-state index contributed by atoms with van der Waals surface area (Å²) in [6.07, 6.45) is 3.71. The van der Waals surface area contributed by atoms with Crippen molar-refractivity contribution < 1.29 is 9.18 Å². The Balaban J connectivity index is 1.90. The fourth-order valence-electron chi connectivity index (χ4n) is 2.59. The Bertz CT molecular complexity index is 1100. The number of aryl methyl sites for hydroxylation is 2. The molecule has 120 valence electrons. The van der Waals surface area contributed by atoms with Gasteiger partial charge >= 0.3 is 0 Å². The van der Waals surface area contributed by atoms with Gasteiger partial charge in [0.2, 0.25) is 6.41 Å². The molecule has 0 radical (unpaired) electrons. The van der Waals surface area contributed by atoms with Gasteiger partial charge in [-0.2, -0.15) is 0 Å². The number of carbonyl (C=O) groups is 1. The van der Waals surface area contributed by atoms with Crippen LogP contribution in [0.4, 0.5) is 10.2 Å². The lowest BCUT2D eigenvalue weighted by Gasteiger charge is -2.05. The molecule has 0 aliphatic carbocycles. The molecule has 0 spiro atoms. The van der Waals surface area contributed by atoms with Gasteiger partial charge in [0.05, 0.1) is 11.9 Å². The van der Waals surface area contributed by atoms with Gasteiger partial charge in [-0.3, -0.25) is 4.79 Å². The second-order valence-electron chi connectivity index (χ2n) is 5.38. The number of aromatic nitrogens is 6. The van der Waals surface area contributed by atoms with Gasteiger partial charge in [0.15, 0.2) is 22.9 Å². The molecule has 4 heterocycles. The molecular formula is C15H12FN7O. The number of carbonyl (C=O) groups excluding carboxylic acids is 1. The zero-order valence-electron chi connectivity index (χ0n) is 12.9. The molecule has 1 amide bonds. The molecule has 0 saturated heterocycles. The third-order valence-electron chi connectivity index (χ3n) is 3.61. The highest BCUT2D eigenvalue weighted by Gasteiger charge is 2.13. The summed E-state index contributed by atoms with van der Waals surface area (Å²) in [6.45, 7) is 3.68. The first kappa shape index (κ1) is 14.2. The van der Waals surface area contributed by atoms with Gasteiger partial charge in [-0.1, -0.05) is 0 Å². The lowest BCUT2D eigenvalue weighted by Crippen LogP contribution is -2.00. The predicted octanol–water partition coefficient (Wildman–Crippen LogP) is 1.76. The molecule has 4 aromatic rings. The third kappa shape index (κ3) is 2.18. The van der Waals surface area contributed by atoms with Gasteiger partial charge < -0.3 is 9.72 Å². The minimum Gasteiger partial charge on any atom is -0.312 e. The van der Waals surface area contributed by atoms with Crippen LogP contribution in [0.5, 0.6) is 0 Å². The number of anilines is 1. The lowest BCUT2D eigenvalue weighted by molar-refractivity contribution is -0.105. The van der Waals surface area contributed by atoms with Crippen molar-refractivity contribution in [3.05, 3.63) is 41.7 Å². The van der Waals surface area contributed by atoms with Crippen LogP contribution in [0.2, 0.25) is 0 Å². The summed E-state index contributed by atoms with van der Waals surface area (Å²) in [5, 5.41) is 11.0. The van der Waals surface area contributed by atoms with Crippen LogP contribution in [0.25, 0.3) is 22.6 Å². The number of hydrogen-bond donors (Lipinski definition) is 1. The average molecular weight is 325 g/mol. The van der Waals surface area contributed by atoms with Gasteiger partial charge in [-0.15, -0.1) is 14.8 Å². The first-order chi connectivity index (χ1) is 11.5. The average Bonchev–Trinajstić information content (AvgIpc) is 3.10. The van der Waals surface area contributed by atoms with Gasteiger partial charge in [0, 0.05) is 11.8 Å². The molecule has 0 aliphatic rings. The van der Waals surface area contributed by atoms with Crippen molar-refractivity contribution in [2.24, 2.45) is 0 Å². The normalized spacial score (nSPS) is 11.3. The number of rotatable bonds is 3. The quantitative estimate of drug-likeness (QED) is 0.580. The summed E-state index contributed by atoms with van der Waals surface area (Å²) in [5.74, 6) is 0.372. The molecule has 0 aliphatic heterocycles. The smallest absolute Gasteiger partial charge is 0.212 e. The number of pyridine rings is 1. The van der Waals surface area contributed by atoms with E-state index in [0.29, 0.717) is 29.1 Å². The maximum Gasteiger partial charge on any atom is 0.212 e. The molecule has 0 bridgehead atoms. The van der Waals surface area contributed by atoms with Crippen LogP contribution in [0, 0.1) is 19.7 Å². The molecule has 0 unspecified atom stereocenters. The molecule has 0 atom stereocenters. The Labute approximate surface area is 135 Å². The zero-order chi connectivity index (χ0) is 16.8. The van der Waals surface area contributed by atoms with E-state index in [4.69, 9.17) is 0 Å². The summed E-state index contributed by atoms with van der Waals surface area (Å²) in [7, 11) is 0. The minimum absolute atomic E-state index is 0.123. The predicted molar refractivity (Wildman–Crippen MR) is 84.1 cm³/mol. The molecule has 8 nitrogen and oxygen atoms in total. The number of hydrogen-bond acceptors (Lipinski definition) is 5. The first-order valence-corrected chi connectivity index (χ1v) is 7.15. The van der Waals surface area contributed by atoms with E-state index in [9.17, 15) is 9.18 Å². The SMILES string of the molecule is Cc1nc2c(C)cc(-c3cc(F)c4nc(NC=O)cn4c3)nn2n1. The van der Waals surface area contributed by atoms with Crippen molar-refractivity contribution in [1.82, 2.24) is 29.2 Å². The summed E-state index contributed by atoms with van der Waals surface area (Å²) >= 11 is 0. The Hall–Kier alpha value is -3.36. The van der Waals surface area contributed by atoms with E-state index in [1.165, 1.54) is 21.3 Å². The largest absolute Gasteiger partial charge is 0.312 e. The van der Waals surface area contributed by atoms with Gasteiger partial charge in [-0.05, 0) is 31.5 Å². The lowest BCUT2D eigenvalue weighted by atomic mass is 10.1. The number of nitrogens with zero attached hydrogens (tertiary/aromatic N) is 6. The van der Waals surface area contributed by atoms with Crippen molar-refractivity contribution in [2.45, 2.75) is 13.8 Å². The van der Waals surface area contributed by atoms with E-state index in [2.05, 4.69) is 25.5 Å². The highest BCUT2D eigenvalue weighted by molar-refractivity contribution is 5.71. The summed E-state index contributed by atoms with van der Waals surface area (Å²) in [6, 6.07) is 3.18. The maximum absolute atomic E-state index is 14.3. The van der Waals surface area contributed by atoms with Crippen molar-refractivity contribution in [3.8, 4) is 11.3 Å². The standard InChI is InChI=1S/C15H12FN7O/c1-8-3-12(21-23-14(8)18-9(2)20-23)10-4-11(16)15-19-13(17-7-24)6-22(15)5-10/h3-7H,1-2H3,(H,17,24). The number of fused-ring (bicyclic) bond motifs is 2. The van der Waals surface area contributed by atoms with Gasteiger partial charge in [0.25, 0.3) is 0 Å².